The SMILES string of the molecule is Cc1cc(C(C)C)nc2cc(Br)c(Cl)cc12. The van der Waals surface area contributed by atoms with E-state index in [4.69, 9.17) is 11.6 Å². The van der Waals surface area contributed by atoms with Gasteiger partial charge in [0.25, 0.3) is 0 Å². The fourth-order valence-corrected chi connectivity index (χ4v) is 2.21. The lowest BCUT2D eigenvalue weighted by molar-refractivity contribution is 0.828. The summed E-state index contributed by atoms with van der Waals surface area (Å²) in [6, 6.07) is 6.08. The van der Waals surface area contributed by atoms with Gasteiger partial charge in [-0.25, -0.2) is 0 Å². The summed E-state index contributed by atoms with van der Waals surface area (Å²) in [7, 11) is 0. The average molecular weight is 299 g/mol. The first-order valence-corrected chi connectivity index (χ1v) is 6.42. The molecular weight excluding hydrogens is 286 g/mol. The number of fused-ring (bicyclic) bond motifs is 1. The second-order valence-electron chi connectivity index (χ2n) is 4.30. The molecule has 0 bridgehead atoms. The van der Waals surface area contributed by atoms with Crippen molar-refractivity contribution in [1.29, 1.82) is 0 Å². The highest BCUT2D eigenvalue weighted by Gasteiger charge is 2.08. The molecule has 1 aromatic heterocycles. The quantitative estimate of drug-likeness (QED) is 0.715. The summed E-state index contributed by atoms with van der Waals surface area (Å²) in [5, 5.41) is 1.85. The molecule has 0 aliphatic heterocycles. The Hall–Kier alpha value is -0.600. The van der Waals surface area contributed by atoms with Crippen LogP contribution in [0, 0.1) is 6.92 Å². The number of aryl methyl sites for hydroxylation is 1. The van der Waals surface area contributed by atoms with Crippen LogP contribution in [0.4, 0.5) is 0 Å². The summed E-state index contributed by atoms with van der Waals surface area (Å²) in [5.41, 5.74) is 3.35. The third-order valence-corrected chi connectivity index (χ3v) is 3.87. The van der Waals surface area contributed by atoms with E-state index in [9.17, 15) is 0 Å². The number of aromatic nitrogens is 1. The molecule has 0 saturated carbocycles. The fourth-order valence-electron chi connectivity index (χ4n) is 1.71. The molecule has 0 spiro atoms. The van der Waals surface area contributed by atoms with Gasteiger partial charge in [-0.05, 0) is 52.5 Å². The number of pyridine rings is 1. The minimum Gasteiger partial charge on any atom is -0.253 e. The average Bonchev–Trinajstić information content (AvgIpc) is 2.20. The van der Waals surface area contributed by atoms with Crippen molar-refractivity contribution in [3.63, 3.8) is 0 Å². The highest BCUT2D eigenvalue weighted by atomic mass is 79.9. The first kappa shape index (κ1) is 11.9. The summed E-state index contributed by atoms with van der Waals surface area (Å²) in [6.07, 6.45) is 0. The first-order valence-electron chi connectivity index (χ1n) is 5.25. The molecule has 1 nitrogen and oxygen atoms in total. The summed E-state index contributed by atoms with van der Waals surface area (Å²) in [6.45, 7) is 6.40. The molecule has 0 saturated heterocycles. The summed E-state index contributed by atoms with van der Waals surface area (Å²) < 4.78 is 0.898. The highest BCUT2D eigenvalue weighted by Crippen LogP contribution is 2.30. The van der Waals surface area contributed by atoms with Gasteiger partial charge in [-0.3, -0.25) is 4.98 Å². The van der Waals surface area contributed by atoms with Crippen LogP contribution in [0.3, 0.4) is 0 Å². The minimum absolute atomic E-state index is 0.442. The molecule has 1 aromatic carbocycles. The highest BCUT2D eigenvalue weighted by molar-refractivity contribution is 9.10. The van der Waals surface area contributed by atoms with Crippen LogP contribution >= 0.6 is 27.5 Å². The molecule has 0 aliphatic carbocycles. The number of halogens is 2. The van der Waals surface area contributed by atoms with Crippen molar-refractivity contribution in [1.82, 2.24) is 4.98 Å². The maximum absolute atomic E-state index is 6.09. The van der Waals surface area contributed by atoms with Gasteiger partial charge in [0.2, 0.25) is 0 Å². The normalized spacial score (nSPS) is 11.4. The molecule has 16 heavy (non-hydrogen) atoms. The van der Waals surface area contributed by atoms with Crippen molar-refractivity contribution < 1.29 is 0 Å². The fraction of sp³-hybridized carbons (Fsp3) is 0.308. The van der Waals surface area contributed by atoms with Crippen molar-refractivity contribution in [2.24, 2.45) is 0 Å². The minimum atomic E-state index is 0.442. The third-order valence-electron chi connectivity index (χ3n) is 2.67. The van der Waals surface area contributed by atoms with Gasteiger partial charge in [-0.15, -0.1) is 0 Å². The Bertz CT molecular complexity index is 549. The van der Waals surface area contributed by atoms with Gasteiger partial charge in [0, 0.05) is 15.6 Å². The summed E-state index contributed by atoms with van der Waals surface area (Å²) >= 11 is 9.52. The monoisotopic (exact) mass is 297 g/mol. The van der Waals surface area contributed by atoms with Crippen LogP contribution in [0.15, 0.2) is 22.7 Å². The second kappa shape index (κ2) is 4.34. The van der Waals surface area contributed by atoms with Crippen LogP contribution < -0.4 is 0 Å². The Balaban J connectivity index is 2.77. The molecule has 0 atom stereocenters. The molecule has 0 aliphatic rings. The Morgan fingerprint density at radius 1 is 1.25 bits per heavy atom. The van der Waals surface area contributed by atoms with E-state index < -0.39 is 0 Å². The van der Waals surface area contributed by atoms with Gasteiger partial charge < -0.3 is 0 Å². The number of rotatable bonds is 1. The van der Waals surface area contributed by atoms with E-state index in [0.29, 0.717) is 5.92 Å². The van der Waals surface area contributed by atoms with Gasteiger partial charge >= 0.3 is 0 Å². The maximum Gasteiger partial charge on any atom is 0.0720 e. The van der Waals surface area contributed by atoms with Crippen LogP contribution in [0.2, 0.25) is 5.02 Å². The molecular formula is C13H13BrClN. The number of benzene rings is 1. The summed E-state index contributed by atoms with van der Waals surface area (Å²) in [5.74, 6) is 0.442. The molecule has 2 aromatic rings. The van der Waals surface area contributed by atoms with E-state index in [-0.39, 0.29) is 0 Å². The molecule has 2 rings (SSSR count). The van der Waals surface area contributed by atoms with Crippen molar-refractivity contribution in [3.8, 4) is 0 Å². The van der Waals surface area contributed by atoms with Crippen molar-refractivity contribution in [3.05, 3.63) is 39.0 Å². The standard InChI is InChI=1S/C13H13BrClN/c1-7(2)12-4-8(3)9-5-11(15)10(14)6-13(9)16-12/h4-7H,1-3H3. The number of hydrogen-bond donors (Lipinski definition) is 0. The van der Waals surface area contributed by atoms with Crippen molar-refractivity contribution in [2.45, 2.75) is 26.7 Å². The van der Waals surface area contributed by atoms with E-state index >= 15 is 0 Å². The zero-order valence-electron chi connectivity index (χ0n) is 9.51. The van der Waals surface area contributed by atoms with Gasteiger partial charge in [0.1, 0.15) is 0 Å². The van der Waals surface area contributed by atoms with Gasteiger partial charge in [0.15, 0.2) is 0 Å². The predicted octanol–water partition coefficient (Wildman–Crippen LogP) is 5.08. The van der Waals surface area contributed by atoms with Gasteiger partial charge in [0.05, 0.1) is 10.5 Å². The lowest BCUT2D eigenvalue weighted by Gasteiger charge is -2.10. The van der Waals surface area contributed by atoms with E-state index in [0.717, 1.165) is 26.1 Å². The zero-order valence-corrected chi connectivity index (χ0v) is 11.9. The third kappa shape index (κ3) is 2.09. The van der Waals surface area contributed by atoms with Crippen LogP contribution in [-0.2, 0) is 0 Å². The smallest absolute Gasteiger partial charge is 0.0720 e. The Labute approximate surface area is 109 Å². The molecule has 0 radical (unpaired) electrons. The summed E-state index contributed by atoms with van der Waals surface area (Å²) in [4.78, 5) is 4.65. The Kier molecular flexibility index (Phi) is 3.22. The van der Waals surface area contributed by atoms with E-state index in [2.05, 4.69) is 47.8 Å². The maximum atomic E-state index is 6.09. The Morgan fingerprint density at radius 2 is 1.94 bits per heavy atom. The van der Waals surface area contributed by atoms with E-state index in [1.54, 1.807) is 0 Å². The van der Waals surface area contributed by atoms with E-state index in [1.165, 1.54) is 5.56 Å². The van der Waals surface area contributed by atoms with E-state index in [1.807, 2.05) is 12.1 Å². The second-order valence-corrected chi connectivity index (χ2v) is 5.56. The van der Waals surface area contributed by atoms with Crippen LogP contribution in [-0.4, -0.2) is 4.98 Å². The lowest BCUT2D eigenvalue weighted by atomic mass is 10.0. The topological polar surface area (TPSA) is 12.9 Å². The first-order chi connectivity index (χ1) is 7.49. The van der Waals surface area contributed by atoms with Crippen molar-refractivity contribution in [2.75, 3.05) is 0 Å². The zero-order chi connectivity index (χ0) is 11.9. The lowest BCUT2D eigenvalue weighted by Crippen LogP contribution is -1.95. The van der Waals surface area contributed by atoms with Gasteiger partial charge in [-0.2, -0.15) is 0 Å². The van der Waals surface area contributed by atoms with Crippen LogP contribution in [0.25, 0.3) is 10.9 Å². The largest absolute Gasteiger partial charge is 0.253 e. The number of hydrogen-bond acceptors (Lipinski definition) is 1. The Morgan fingerprint density at radius 3 is 2.56 bits per heavy atom. The van der Waals surface area contributed by atoms with Gasteiger partial charge in [-0.1, -0.05) is 25.4 Å². The number of nitrogens with zero attached hydrogens (tertiary/aromatic N) is 1. The molecule has 0 amide bonds. The molecule has 3 heteroatoms. The van der Waals surface area contributed by atoms with Crippen LogP contribution in [0.5, 0.6) is 0 Å². The predicted molar refractivity (Wildman–Crippen MR) is 73.3 cm³/mol. The molecule has 84 valence electrons. The molecule has 1 heterocycles. The van der Waals surface area contributed by atoms with Crippen LogP contribution in [0.1, 0.15) is 31.0 Å². The molecule has 0 unspecified atom stereocenters. The molecule has 0 N–H and O–H groups in total. The molecule has 0 fully saturated rings. The van der Waals surface area contributed by atoms with Crippen molar-refractivity contribution >= 4 is 38.4 Å².